The van der Waals surface area contributed by atoms with Crippen LogP contribution in [0.2, 0.25) is 0 Å². The van der Waals surface area contributed by atoms with E-state index in [-0.39, 0.29) is 0 Å². The molecule has 0 amide bonds. The van der Waals surface area contributed by atoms with Crippen molar-refractivity contribution in [1.82, 2.24) is 0 Å². The minimum absolute atomic E-state index is 0.589. The number of halogens is 1. The van der Waals surface area contributed by atoms with Gasteiger partial charge in [-0.3, -0.25) is 4.99 Å². The van der Waals surface area contributed by atoms with Crippen LogP contribution in [0.25, 0.3) is 0 Å². The Kier molecular flexibility index (Phi) is 3.07. The highest BCUT2D eigenvalue weighted by Crippen LogP contribution is 2.52. The fourth-order valence-electron chi connectivity index (χ4n) is 3.61. The average molecular weight is 334 g/mol. The Bertz CT molecular complexity index is 573. The summed E-state index contributed by atoms with van der Waals surface area (Å²) in [6.07, 6.45) is 5.03. The molecule has 2 heterocycles. The molecular formula is C16H16BrNS. The van der Waals surface area contributed by atoms with Crippen molar-refractivity contribution in [2.24, 2.45) is 10.9 Å². The molecule has 0 aromatic heterocycles. The molecule has 98 valence electrons. The van der Waals surface area contributed by atoms with Crippen LogP contribution < -0.4 is 0 Å². The zero-order valence-electron chi connectivity index (χ0n) is 10.7. The lowest BCUT2D eigenvalue weighted by molar-refractivity contribution is 0.586. The third-order valence-electron chi connectivity index (χ3n) is 4.45. The van der Waals surface area contributed by atoms with Gasteiger partial charge in [-0.2, -0.15) is 0 Å². The van der Waals surface area contributed by atoms with Gasteiger partial charge in [0.25, 0.3) is 0 Å². The van der Waals surface area contributed by atoms with Gasteiger partial charge in [0.05, 0.1) is 5.70 Å². The maximum atomic E-state index is 4.97. The predicted octanol–water partition coefficient (Wildman–Crippen LogP) is 5.14. The van der Waals surface area contributed by atoms with Crippen molar-refractivity contribution in [3.63, 3.8) is 0 Å². The molecule has 4 rings (SSSR count). The molecule has 0 N–H and O–H groups in total. The summed E-state index contributed by atoms with van der Waals surface area (Å²) in [6, 6.07) is 8.93. The number of rotatable bonds is 1. The number of nitrogens with zero attached hydrogens (tertiary/aromatic N) is 1. The van der Waals surface area contributed by atoms with E-state index < -0.39 is 0 Å². The van der Waals surface area contributed by atoms with E-state index in [1.54, 1.807) is 4.91 Å². The molecule has 1 saturated carbocycles. The van der Waals surface area contributed by atoms with Gasteiger partial charge >= 0.3 is 0 Å². The average Bonchev–Trinajstić information content (AvgIpc) is 3.05. The van der Waals surface area contributed by atoms with Crippen LogP contribution in [0.15, 0.2) is 44.3 Å². The van der Waals surface area contributed by atoms with Crippen LogP contribution in [-0.2, 0) is 0 Å². The molecule has 3 heteroatoms. The van der Waals surface area contributed by atoms with Gasteiger partial charge in [-0.25, -0.2) is 0 Å². The second-order valence-corrected chi connectivity index (χ2v) is 7.59. The van der Waals surface area contributed by atoms with Gasteiger partial charge in [-0.1, -0.05) is 28.1 Å². The molecule has 1 fully saturated rings. The topological polar surface area (TPSA) is 12.4 Å². The highest BCUT2D eigenvalue weighted by atomic mass is 79.9. The first kappa shape index (κ1) is 12.2. The van der Waals surface area contributed by atoms with E-state index in [2.05, 4.69) is 40.2 Å². The molecule has 1 aromatic carbocycles. The van der Waals surface area contributed by atoms with Gasteiger partial charge in [0, 0.05) is 32.7 Å². The van der Waals surface area contributed by atoms with E-state index in [0.717, 1.165) is 0 Å². The van der Waals surface area contributed by atoms with Gasteiger partial charge in [-0.15, -0.1) is 11.8 Å². The summed E-state index contributed by atoms with van der Waals surface area (Å²) in [5, 5.41) is 0. The molecule has 1 aliphatic carbocycles. The molecule has 3 aliphatic rings. The first-order valence-corrected chi connectivity index (χ1v) is 8.79. The number of benzene rings is 1. The molecule has 0 spiro atoms. The van der Waals surface area contributed by atoms with Crippen molar-refractivity contribution >= 4 is 33.4 Å². The predicted molar refractivity (Wildman–Crippen MR) is 85.8 cm³/mol. The molecule has 0 bridgehead atoms. The summed E-state index contributed by atoms with van der Waals surface area (Å²) in [4.78, 5) is 6.53. The molecule has 0 radical (unpaired) electrons. The minimum Gasteiger partial charge on any atom is -0.261 e. The molecular weight excluding hydrogens is 318 g/mol. The van der Waals surface area contributed by atoms with E-state index >= 15 is 0 Å². The fraction of sp³-hybridized carbons (Fsp3) is 0.438. The zero-order valence-corrected chi connectivity index (χ0v) is 13.1. The Morgan fingerprint density at radius 2 is 2.00 bits per heavy atom. The van der Waals surface area contributed by atoms with Crippen LogP contribution in [-0.4, -0.2) is 11.5 Å². The normalized spacial score (nSPS) is 29.2. The van der Waals surface area contributed by atoms with Gasteiger partial charge < -0.3 is 0 Å². The summed E-state index contributed by atoms with van der Waals surface area (Å²) in [7, 11) is 0. The van der Waals surface area contributed by atoms with E-state index in [0.29, 0.717) is 11.8 Å². The molecule has 2 unspecified atom stereocenters. The molecule has 2 aliphatic heterocycles. The van der Waals surface area contributed by atoms with Crippen molar-refractivity contribution in [3.8, 4) is 0 Å². The van der Waals surface area contributed by atoms with Gasteiger partial charge in [0.2, 0.25) is 0 Å². The Balaban J connectivity index is 1.80. The minimum atomic E-state index is 0.589. The molecule has 1 nitrogen and oxygen atoms in total. The number of hydrogen-bond donors (Lipinski definition) is 0. The second kappa shape index (κ2) is 4.78. The number of hydrogen-bond acceptors (Lipinski definition) is 2. The summed E-state index contributed by atoms with van der Waals surface area (Å²) >= 11 is 5.58. The second-order valence-electron chi connectivity index (χ2n) is 5.54. The third kappa shape index (κ3) is 2.02. The lowest BCUT2D eigenvalue weighted by Gasteiger charge is -2.29. The molecule has 19 heavy (non-hydrogen) atoms. The van der Waals surface area contributed by atoms with Crippen LogP contribution in [0.5, 0.6) is 0 Å². The Labute approximate surface area is 126 Å². The first-order valence-electron chi connectivity index (χ1n) is 7.02. The van der Waals surface area contributed by atoms with Gasteiger partial charge in [0.15, 0.2) is 0 Å². The van der Waals surface area contributed by atoms with E-state index in [1.165, 1.54) is 52.9 Å². The highest BCUT2D eigenvalue weighted by Gasteiger charge is 2.39. The van der Waals surface area contributed by atoms with Crippen LogP contribution in [0.4, 0.5) is 0 Å². The lowest BCUT2D eigenvalue weighted by Crippen LogP contribution is -2.22. The lowest BCUT2D eigenvalue weighted by atomic mass is 9.81. The van der Waals surface area contributed by atoms with Gasteiger partial charge in [-0.05, 0) is 43.4 Å². The van der Waals surface area contributed by atoms with Crippen molar-refractivity contribution in [3.05, 3.63) is 44.9 Å². The van der Waals surface area contributed by atoms with Crippen molar-refractivity contribution < 1.29 is 0 Å². The maximum absolute atomic E-state index is 4.97. The van der Waals surface area contributed by atoms with Crippen LogP contribution in [0.3, 0.4) is 0 Å². The van der Waals surface area contributed by atoms with Gasteiger partial charge in [0.1, 0.15) is 0 Å². The molecule has 0 saturated heterocycles. The smallest absolute Gasteiger partial charge is 0.0512 e. The van der Waals surface area contributed by atoms with Crippen LogP contribution in [0, 0.1) is 5.92 Å². The Morgan fingerprint density at radius 3 is 2.84 bits per heavy atom. The highest BCUT2D eigenvalue weighted by molar-refractivity contribution is 9.10. The standard InChI is InChI=1S/C16H16BrNS/c17-11-6-4-10(5-7-11)15-12-2-1-3-13(12)18-14-8-9-19-16(14)15/h4-7,12,15H,1-3,8-9H2. The Morgan fingerprint density at radius 1 is 1.16 bits per heavy atom. The number of thioether (sulfide) groups is 1. The monoisotopic (exact) mass is 333 g/mol. The quantitative estimate of drug-likeness (QED) is 0.693. The largest absolute Gasteiger partial charge is 0.261 e. The van der Waals surface area contributed by atoms with Crippen LogP contribution >= 0.6 is 27.7 Å². The van der Waals surface area contributed by atoms with E-state index in [4.69, 9.17) is 4.99 Å². The van der Waals surface area contributed by atoms with E-state index in [9.17, 15) is 0 Å². The summed E-state index contributed by atoms with van der Waals surface area (Å²) < 4.78 is 1.17. The maximum Gasteiger partial charge on any atom is 0.0512 e. The fourth-order valence-corrected chi connectivity index (χ4v) is 5.18. The SMILES string of the molecule is Brc1ccc(C2C3=C(CCS3)N=C3CCCC32)cc1. The van der Waals surface area contributed by atoms with Crippen molar-refractivity contribution in [1.29, 1.82) is 0 Å². The number of aliphatic imine (C=N–C) groups is 1. The van der Waals surface area contributed by atoms with Crippen LogP contribution in [0.1, 0.15) is 37.2 Å². The molecule has 1 aromatic rings. The summed E-state index contributed by atoms with van der Waals surface area (Å²) in [5.74, 6) is 2.48. The number of fused-ring (bicyclic) bond motifs is 1. The first-order chi connectivity index (χ1) is 9.33. The van der Waals surface area contributed by atoms with Crippen molar-refractivity contribution in [2.45, 2.75) is 31.6 Å². The van der Waals surface area contributed by atoms with E-state index in [1.807, 2.05) is 11.8 Å². The summed E-state index contributed by atoms with van der Waals surface area (Å²) in [5.41, 5.74) is 4.35. The summed E-state index contributed by atoms with van der Waals surface area (Å²) in [6.45, 7) is 0. The molecule has 2 atom stereocenters. The number of allylic oxidation sites excluding steroid dienone is 2. The Hall–Kier alpha value is -0.540. The van der Waals surface area contributed by atoms with Crippen molar-refractivity contribution in [2.75, 3.05) is 5.75 Å². The zero-order chi connectivity index (χ0) is 12.8. The third-order valence-corrected chi connectivity index (χ3v) is 6.19.